The fraction of sp³-hybridized carbons (Fsp3) is 0.552. The average Bonchev–Trinajstić information content (AvgIpc) is 3.32. The number of para-hydroxylation sites is 1. The second kappa shape index (κ2) is 11.2. The number of halogens is 1. The van der Waals surface area contributed by atoms with E-state index in [4.69, 9.17) is 19.4 Å². The first-order valence-electron chi connectivity index (χ1n) is 14.1. The largest absolute Gasteiger partial charge is 0.462 e. The van der Waals surface area contributed by atoms with E-state index >= 15 is 0 Å². The Bertz CT molecular complexity index is 1500. The smallest absolute Gasteiger partial charge is 0.410 e. The number of hydrogen-bond donors (Lipinski definition) is 0. The summed E-state index contributed by atoms with van der Waals surface area (Å²) in [7, 11) is 2.05. The zero-order valence-corrected chi connectivity index (χ0v) is 24.6. The molecule has 2 atom stereocenters. The highest BCUT2D eigenvalue weighted by atomic mass is 19.1. The highest BCUT2D eigenvalue weighted by Crippen LogP contribution is 2.28. The van der Waals surface area contributed by atoms with Crippen LogP contribution in [0.3, 0.4) is 0 Å². The van der Waals surface area contributed by atoms with Gasteiger partial charge >= 0.3 is 12.1 Å². The zero-order chi connectivity index (χ0) is 29.5. The van der Waals surface area contributed by atoms with E-state index in [0.717, 1.165) is 19.4 Å². The molecule has 0 bridgehead atoms. The second-order valence-electron chi connectivity index (χ2n) is 11.8. The molecule has 11 nitrogen and oxygen atoms in total. The Morgan fingerprint density at radius 2 is 1.85 bits per heavy atom. The molecule has 12 heteroatoms. The van der Waals surface area contributed by atoms with Gasteiger partial charge in [0, 0.05) is 31.7 Å². The fourth-order valence-corrected chi connectivity index (χ4v) is 5.45. The van der Waals surface area contributed by atoms with Gasteiger partial charge in [-0.25, -0.2) is 14.2 Å². The van der Waals surface area contributed by atoms with Gasteiger partial charge < -0.3 is 24.2 Å². The maximum Gasteiger partial charge on any atom is 0.410 e. The number of likely N-dealkylation sites (tertiary alicyclic amines) is 1. The van der Waals surface area contributed by atoms with Gasteiger partial charge in [0.15, 0.2) is 11.3 Å². The third-order valence-corrected chi connectivity index (χ3v) is 7.57. The Morgan fingerprint density at radius 1 is 1.10 bits per heavy atom. The molecule has 5 rings (SSSR count). The summed E-state index contributed by atoms with van der Waals surface area (Å²) in [5, 5.41) is 0. The van der Waals surface area contributed by atoms with Crippen LogP contribution in [0.1, 0.15) is 46.4 Å². The first-order chi connectivity index (χ1) is 19.4. The van der Waals surface area contributed by atoms with Crippen LogP contribution in [0.4, 0.5) is 15.0 Å². The van der Waals surface area contributed by atoms with Crippen molar-refractivity contribution in [1.82, 2.24) is 29.3 Å². The van der Waals surface area contributed by atoms with E-state index < -0.39 is 17.0 Å². The third-order valence-electron chi connectivity index (χ3n) is 7.57. The maximum atomic E-state index is 14.8. The highest BCUT2D eigenvalue weighted by Gasteiger charge is 2.33. The second-order valence-corrected chi connectivity index (χ2v) is 11.8. The van der Waals surface area contributed by atoms with Gasteiger partial charge in [0.25, 0.3) is 5.56 Å². The van der Waals surface area contributed by atoms with E-state index in [2.05, 4.69) is 16.9 Å². The number of amides is 1. The molecule has 2 aromatic heterocycles. The minimum absolute atomic E-state index is 0.0420. The van der Waals surface area contributed by atoms with Crippen LogP contribution in [0.15, 0.2) is 29.1 Å². The number of piperazine rings is 1. The summed E-state index contributed by atoms with van der Waals surface area (Å²) < 4.78 is 27.7. The molecule has 41 heavy (non-hydrogen) atoms. The number of likely N-dealkylation sites (N-methyl/N-ethyl adjacent to an activating group) is 1. The number of carbonyl (C=O) groups excluding carboxylic acids is 1. The number of ether oxygens (including phenoxy) is 2. The molecule has 2 aliphatic rings. The van der Waals surface area contributed by atoms with E-state index in [0.29, 0.717) is 43.4 Å². The molecule has 0 unspecified atom stereocenters. The van der Waals surface area contributed by atoms with Crippen LogP contribution in [0, 0.1) is 12.7 Å². The van der Waals surface area contributed by atoms with Crippen LogP contribution in [-0.4, -0.2) is 92.9 Å². The maximum absolute atomic E-state index is 14.8. The van der Waals surface area contributed by atoms with Gasteiger partial charge in [-0.05, 0) is 73.2 Å². The third kappa shape index (κ3) is 5.97. The molecule has 1 amide bonds. The Hall–Kier alpha value is -3.80. The first kappa shape index (κ1) is 28.7. The molecule has 4 heterocycles. The fourth-order valence-electron chi connectivity index (χ4n) is 5.45. The Morgan fingerprint density at radius 3 is 2.51 bits per heavy atom. The predicted molar refractivity (Wildman–Crippen MR) is 153 cm³/mol. The summed E-state index contributed by atoms with van der Waals surface area (Å²) in [5.74, 6) is 0.210. The van der Waals surface area contributed by atoms with Crippen LogP contribution >= 0.6 is 0 Å². The lowest BCUT2D eigenvalue weighted by Gasteiger charge is -2.40. The van der Waals surface area contributed by atoms with Gasteiger partial charge in [0.2, 0.25) is 0 Å². The van der Waals surface area contributed by atoms with E-state index in [9.17, 15) is 14.0 Å². The monoisotopic (exact) mass is 567 g/mol. The summed E-state index contributed by atoms with van der Waals surface area (Å²) in [4.78, 5) is 46.5. The van der Waals surface area contributed by atoms with Gasteiger partial charge in [0.1, 0.15) is 29.4 Å². The molecule has 3 aromatic rings. The van der Waals surface area contributed by atoms with Gasteiger partial charge in [-0.2, -0.15) is 9.97 Å². The number of hydrogen-bond acceptors (Lipinski definition) is 9. The van der Waals surface area contributed by atoms with Crippen molar-refractivity contribution in [2.45, 2.75) is 65.1 Å². The summed E-state index contributed by atoms with van der Waals surface area (Å²) >= 11 is 0. The number of fused-ring (bicyclic) bond motifs is 1. The topological polar surface area (TPSA) is 106 Å². The zero-order valence-electron chi connectivity index (χ0n) is 24.6. The summed E-state index contributed by atoms with van der Waals surface area (Å²) in [6.45, 7) is 11.8. The lowest BCUT2D eigenvalue weighted by molar-refractivity contribution is 0.0218. The molecule has 0 spiro atoms. The van der Waals surface area contributed by atoms with Crippen LogP contribution in [0.25, 0.3) is 16.7 Å². The van der Waals surface area contributed by atoms with Crippen molar-refractivity contribution in [2.24, 2.45) is 0 Å². The summed E-state index contributed by atoms with van der Waals surface area (Å²) in [6.07, 6.45) is 1.72. The van der Waals surface area contributed by atoms with Crippen LogP contribution in [-0.2, 0) is 4.74 Å². The standard InChI is InChI=1S/C29H38FN7O4/c1-18-16-35(28(39)41-29(3,4)5)14-15-36(18)25-23-24(32-27(33-25)40-17-20-10-9-13-34(20)6)26(38)37(19(2)31-23)22-12-8-7-11-21(22)30/h7-8,11-12,18,20H,9-10,13-17H2,1-6H3/t18-,20-/m0/s1. The SMILES string of the molecule is Cc1nc2c(N3CCN(C(=O)OC(C)(C)C)C[C@@H]3C)nc(OC[C@@H]3CCCN3C)nc2c(=O)n1-c1ccccc1F. The van der Waals surface area contributed by atoms with Crippen molar-refractivity contribution in [3.63, 3.8) is 0 Å². The van der Waals surface area contributed by atoms with Crippen molar-refractivity contribution >= 4 is 22.9 Å². The quantitative estimate of drug-likeness (QED) is 0.458. The molecule has 0 N–H and O–H groups in total. The van der Waals surface area contributed by atoms with E-state index in [1.807, 2.05) is 32.6 Å². The first-order valence-corrected chi connectivity index (χ1v) is 14.1. The normalized spacial score (nSPS) is 20.1. The van der Waals surface area contributed by atoms with Gasteiger partial charge in [-0.3, -0.25) is 9.36 Å². The number of carbonyl (C=O) groups is 1. The van der Waals surface area contributed by atoms with Crippen molar-refractivity contribution in [3.8, 4) is 11.7 Å². The predicted octanol–water partition coefficient (Wildman–Crippen LogP) is 3.54. The van der Waals surface area contributed by atoms with Crippen LogP contribution in [0.2, 0.25) is 0 Å². The summed E-state index contributed by atoms with van der Waals surface area (Å²) in [5.41, 5.74) is -0.661. The van der Waals surface area contributed by atoms with Crippen molar-refractivity contribution in [2.75, 3.05) is 44.7 Å². The van der Waals surface area contributed by atoms with Crippen LogP contribution < -0.4 is 15.2 Å². The number of aryl methyl sites for hydroxylation is 1. The minimum atomic E-state index is -0.598. The molecule has 2 aliphatic heterocycles. The average molecular weight is 568 g/mol. The summed E-state index contributed by atoms with van der Waals surface area (Å²) in [6, 6.07) is 6.19. The van der Waals surface area contributed by atoms with Gasteiger partial charge in [-0.15, -0.1) is 0 Å². The highest BCUT2D eigenvalue weighted by molar-refractivity contribution is 5.86. The molecule has 0 aliphatic carbocycles. The molecule has 1 aromatic carbocycles. The Balaban J connectivity index is 1.55. The van der Waals surface area contributed by atoms with Gasteiger partial charge in [-0.1, -0.05) is 12.1 Å². The van der Waals surface area contributed by atoms with Crippen molar-refractivity contribution in [1.29, 1.82) is 0 Å². The van der Waals surface area contributed by atoms with E-state index in [-0.39, 0.29) is 35.4 Å². The van der Waals surface area contributed by atoms with E-state index in [1.165, 1.54) is 16.7 Å². The number of nitrogens with zero attached hydrogens (tertiary/aromatic N) is 7. The van der Waals surface area contributed by atoms with Crippen molar-refractivity contribution in [3.05, 3.63) is 46.3 Å². The van der Waals surface area contributed by atoms with Gasteiger partial charge in [0.05, 0.1) is 5.69 Å². The number of anilines is 1. The lowest BCUT2D eigenvalue weighted by Crippen LogP contribution is -2.55. The number of benzene rings is 1. The molecular weight excluding hydrogens is 529 g/mol. The Labute approximate surface area is 238 Å². The number of aromatic nitrogens is 4. The van der Waals surface area contributed by atoms with E-state index in [1.54, 1.807) is 24.0 Å². The molecular formula is C29H38FN7O4. The molecule has 0 saturated carbocycles. The van der Waals surface area contributed by atoms with Crippen molar-refractivity contribution < 1.29 is 18.7 Å². The number of rotatable bonds is 5. The molecule has 2 saturated heterocycles. The minimum Gasteiger partial charge on any atom is -0.462 e. The molecule has 220 valence electrons. The molecule has 2 fully saturated rings. The Kier molecular flexibility index (Phi) is 7.87. The lowest BCUT2D eigenvalue weighted by atomic mass is 10.1. The molecule has 0 radical (unpaired) electrons. The van der Waals surface area contributed by atoms with Crippen LogP contribution in [0.5, 0.6) is 6.01 Å².